The van der Waals surface area contributed by atoms with Gasteiger partial charge in [-0.3, -0.25) is 0 Å². The van der Waals surface area contributed by atoms with Crippen molar-refractivity contribution in [3.8, 4) is 0 Å². The molecule has 0 amide bonds. The van der Waals surface area contributed by atoms with Gasteiger partial charge in [-0.2, -0.15) is 6.15 Å². The van der Waals surface area contributed by atoms with Crippen molar-refractivity contribution >= 4 is 0 Å². The predicted molar refractivity (Wildman–Crippen MR) is 23.9 cm³/mol. The summed E-state index contributed by atoms with van der Waals surface area (Å²) >= 11 is 0. The Balaban J connectivity index is 0.000000250. The molecule has 0 bridgehead atoms. The zero-order valence-electron chi connectivity index (χ0n) is 3.31. The molecule has 2 nitrogen and oxygen atoms in total. The van der Waals surface area contributed by atoms with Gasteiger partial charge in [0.15, 0.2) is 0 Å². The van der Waals surface area contributed by atoms with Gasteiger partial charge in [0.1, 0.15) is 0 Å². The van der Waals surface area contributed by atoms with Crippen LogP contribution in [0.1, 0.15) is 0 Å². The fourth-order valence-electron chi connectivity index (χ4n) is 0.278. The van der Waals surface area contributed by atoms with Crippen LogP contribution in [0.3, 0.4) is 0 Å². The zero-order valence-corrected chi connectivity index (χ0v) is 3.31. The number of hydrogen-bond acceptors (Lipinski definition) is 0. The molecule has 32 valence electrons. The average Bonchev–Trinajstić information content (AvgIpc) is 1.76. The van der Waals surface area contributed by atoms with Crippen LogP contribution in [-0.4, -0.2) is 4.98 Å². The van der Waals surface area contributed by atoms with Crippen molar-refractivity contribution < 1.29 is 0 Å². The summed E-state index contributed by atoms with van der Waals surface area (Å²) in [4.78, 5) is 2.86. The molecule has 0 aliphatic carbocycles. The van der Waals surface area contributed by atoms with E-state index in [0.29, 0.717) is 0 Å². The van der Waals surface area contributed by atoms with Gasteiger partial charge in [-0.25, -0.2) is 0 Å². The SMILES string of the molecule is [NH].c1cc[nH]c1. The average molecular weight is 82.1 g/mol. The Kier molecular flexibility index (Phi) is 2.16. The summed E-state index contributed by atoms with van der Waals surface area (Å²) in [6.07, 6.45) is 3.75. The highest BCUT2D eigenvalue weighted by Gasteiger charge is 1.55. The summed E-state index contributed by atoms with van der Waals surface area (Å²) in [7, 11) is 0. The molecule has 2 heteroatoms. The van der Waals surface area contributed by atoms with Gasteiger partial charge in [0.25, 0.3) is 0 Å². The first-order valence-corrected chi connectivity index (χ1v) is 1.58. The first kappa shape index (κ1) is 5.24. The van der Waals surface area contributed by atoms with Gasteiger partial charge in [-0.05, 0) is 12.1 Å². The van der Waals surface area contributed by atoms with Crippen molar-refractivity contribution in [3.05, 3.63) is 24.5 Å². The van der Waals surface area contributed by atoms with Gasteiger partial charge in [0, 0.05) is 12.4 Å². The molecule has 2 N–H and O–H groups in total. The highest BCUT2D eigenvalue weighted by atomic mass is 14.6. The topological polar surface area (TPSA) is 47.8 Å². The van der Waals surface area contributed by atoms with Crippen LogP contribution in [0.15, 0.2) is 24.5 Å². The van der Waals surface area contributed by atoms with Crippen molar-refractivity contribution in [1.82, 2.24) is 11.1 Å². The first-order chi connectivity index (χ1) is 2.50. The van der Waals surface area contributed by atoms with Gasteiger partial charge in [-0.1, -0.05) is 0 Å². The van der Waals surface area contributed by atoms with E-state index in [2.05, 4.69) is 4.98 Å². The molecular weight excluding hydrogens is 76.1 g/mol. The Bertz CT molecular complexity index is 62.0. The maximum absolute atomic E-state index is 2.86. The van der Waals surface area contributed by atoms with Gasteiger partial charge in [0.05, 0.1) is 0 Å². The van der Waals surface area contributed by atoms with Gasteiger partial charge < -0.3 is 4.98 Å². The maximum atomic E-state index is 2.86. The molecule has 6 heavy (non-hydrogen) atoms. The van der Waals surface area contributed by atoms with Crippen molar-refractivity contribution in [2.75, 3.05) is 0 Å². The van der Waals surface area contributed by atoms with E-state index in [1.165, 1.54) is 0 Å². The highest BCUT2D eigenvalue weighted by Crippen LogP contribution is 1.72. The molecule has 1 heterocycles. The van der Waals surface area contributed by atoms with Gasteiger partial charge >= 0.3 is 0 Å². The third-order valence-electron chi connectivity index (χ3n) is 0.496. The van der Waals surface area contributed by atoms with Crippen LogP contribution < -0.4 is 6.15 Å². The molecule has 0 aliphatic rings. The normalized spacial score (nSPS) is 6.67. The van der Waals surface area contributed by atoms with E-state index < -0.39 is 0 Å². The van der Waals surface area contributed by atoms with Crippen molar-refractivity contribution in [1.29, 1.82) is 0 Å². The molecule has 2 radical (unpaired) electrons. The Morgan fingerprint density at radius 2 is 1.50 bits per heavy atom. The lowest BCUT2D eigenvalue weighted by Crippen LogP contribution is -1.38. The lowest BCUT2D eigenvalue weighted by Gasteiger charge is -1.49. The highest BCUT2D eigenvalue weighted by molar-refractivity contribution is 4.84. The summed E-state index contributed by atoms with van der Waals surface area (Å²) in [6, 6.07) is 3.89. The Labute approximate surface area is 36.8 Å². The molecule has 0 aliphatic heterocycles. The van der Waals surface area contributed by atoms with E-state index in [-0.39, 0.29) is 6.15 Å². The molecule has 1 aromatic rings. The number of hydrogen-bond donors (Lipinski definition) is 1. The number of aromatic amines is 1. The second-order valence-corrected chi connectivity index (χ2v) is 0.885. The largest absolute Gasteiger partial charge is 0.368 e. The molecule has 1 aromatic heterocycles. The number of aromatic nitrogens is 1. The van der Waals surface area contributed by atoms with Crippen molar-refractivity contribution in [3.63, 3.8) is 0 Å². The zero-order chi connectivity index (χ0) is 3.54. The fourth-order valence-corrected chi connectivity index (χ4v) is 0.278. The van der Waals surface area contributed by atoms with Crippen LogP contribution in [0, 0.1) is 0 Å². The molecule has 0 unspecified atom stereocenters. The minimum absolute atomic E-state index is 0. The molecule has 1 rings (SSSR count). The second kappa shape index (κ2) is 2.48. The lowest BCUT2D eigenvalue weighted by molar-refractivity contribution is 1.42. The van der Waals surface area contributed by atoms with E-state index >= 15 is 0 Å². The van der Waals surface area contributed by atoms with E-state index in [9.17, 15) is 0 Å². The summed E-state index contributed by atoms with van der Waals surface area (Å²) in [5, 5.41) is 0. The van der Waals surface area contributed by atoms with Crippen molar-refractivity contribution in [2.45, 2.75) is 0 Å². The maximum Gasteiger partial charge on any atom is 0.000496 e. The lowest BCUT2D eigenvalue weighted by atomic mass is 10.7. The monoisotopic (exact) mass is 82.1 g/mol. The Morgan fingerprint density at radius 1 is 1.00 bits per heavy atom. The molecule has 0 fully saturated rings. The predicted octanol–water partition coefficient (Wildman–Crippen LogP) is 0.748. The fraction of sp³-hybridized carbons (Fsp3) is 0. The van der Waals surface area contributed by atoms with E-state index in [1.54, 1.807) is 0 Å². The van der Waals surface area contributed by atoms with Crippen LogP contribution in [0.25, 0.3) is 0 Å². The smallest absolute Gasteiger partial charge is 0.000496 e. The first-order valence-electron chi connectivity index (χ1n) is 1.58. The van der Waals surface area contributed by atoms with Crippen LogP contribution >= 0.6 is 0 Å². The molecular formula is C4H6N2. The van der Waals surface area contributed by atoms with Crippen LogP contribution in [0.5, 0.6) is 0 Å². The van der Waals surface area contributed by atoms with Crippen LogP contribution in [0.4, 0.5) is 0 Å². The van der Waals surface area contributed by atoms with Crippen LogP contribution in [0.2, 0.25) is 0 Å². The Morgan fingerprint density at radius 3 is 1.67 bits per heavy atom. The van der Waals surface area contributed by atoms with Gasteiger partial charge in [0.2, 0.25) is 0 Å². The summed E-state index contributed by atoms with van der Waals surface area (Å²) in [5.41, 5.74) is 0. The number of H-pyrrole nitrogens is 1. The number of rotatable bonds is 0. The molecule has 0 saturated carbocycles. The number of nitrogens with one attached hydrogen (secondary N) is 2. The van der Waals surface area contributed by atoms with Crippen LogP contribution in [-0.2, 0) is 0 Å². The third kappa shape index (κ3) is 0.904. The van der Waals surface area contributed by atoms with E-state index in [1.807, 2.05) is 24.5 Å². The molecule has 0 aromatic carbocycles. The standard InChI is InChI=1S/C4H5N.HN/c1-2-4-5-3-1;/h1-5H;1H. The molecule has 0 saturated heterocycles. The van der Waals surface area contributed by atoms with Gasteiger partial charge in [-0.15, -0.1) is 0 Å². The minimum atomic E-state index is 0. The van der Waals surface area contributed by atoms with E-state index in [4.69, 9.17) is 0 Å². The third-order valence-corrected chi connectivity index (χ3v) is 0.496. The molecule has 0 spiro atoms. The van der Waals surface area contributed by atoms with Crippen molar-refractivity contribution in [2.24, 2.45) is 0 Å². The van der Waals surface area contributed by atoms with E-state index in [0.717, 1.165) is 0 Å². The summed E-state index contributed by atoms with van der Waals surface area (Å²) in [5.74, 6) is 0. The summed E-state index contributed by atoms with van der Waals surface area (Å²) < 4.78 is 0. The molecule has 0 atom stereocenters. The summed E-state index contributed by atoms with van der Waals surface area (Å²) in [6.45, 7) is 0. The Hall–Kier alpha value is -0.760. The quantitative estimate of drug-likeness (QED) is 0.480. The second-order valence-electron chi connectivity index (χ2n) is 0.885. The minimum Gasteiger partial charge on any atom is -0.368 e.